The van der Waals surface area contributed by atoms with Gasteiger partial charge in [0.15, 0.2) is 2.14 Å². The fraction of sp³-hybridized carbons (Fsp3) is 1.00. The summed E-state index contributed by atoms with van der Waals surface area (Å²) < 4.78 is -14.5. The van der Waals surface area contributed by atoms with Crippen LogP contribution < -0.4 is 0 Å². The zero-order chi connectivity index (χ0) is 36.1. The minimum atomic E-state index is -1.23. The third kappa shape index (κ3) is 9.94. The molecular formula is C14HBr29. The van der Waals surface area contributed by atoms with E-state index in [9.17, 15) is 0 Å². The number of halogens is 29. The predicted molar refractivity (Wildman–Crippen MR) is 298 cm³/mol. The van der Waals surface area contributed by atoms with E-state index in [1.165, 1.54) is 0 Å². The molecule has 0 radical (unpaired) electrons. The largest absolute Gasteiger partial charge is 0.162 e. The molecule has 0 aromatic rings. The van der Waals surface area contributed by atoms with Crippen molar-refractivity contribution in [3.63, 3.8) is 0 Å². The molecule has 0 aliphatic carbocycles. The Morgan fingerprint density at radius 1 is 0.209 bits per heavy atom. The summed E-state index contributed by atoms with van der Waals surface area (Å²) >= 11 is 112. The summed E-state index contributed by atoms with van der Waals surface area (Å²) in [7, 11) is 0. The molecule has 0 saturated carbocycles. The van der Waals surface area contributed by atoms with Crippen LogP contribution in [0.1, 0.15) is 0 Å². The Morgan fingerprint density at radius 3 is 0.488 bits per heavy atom. The molecule has 0 unspecified atom stereocenters. The van der Waals surface area contributed by atoms with Crippen LogP contribution in [0.25, 0.3) is 0 Å². The van der Waals surface area contributed by atoms with Crippen LogP contribution >= 0.6 is 462 Å². The maximum Gasteiger partial charge on any atom is 0.162 e. The second kappa shape index (κ2) is 18.7. The van der Waals surface area contributed by atoms with E-state index in [0.29, 0.717) is 0 Å². The first-order valence-corrected chi connectivity index (χ1v) is 32.1. The molecule has 0 bridgehead atoms. The number of alkyl halides is 29. The van der Waals surface area contributed by atoms with Crippen molar-refractivity contribution in [2.45, 2.75) is 44.7 Å². The molecule has 0 aliphatic rings. The summed E-state index contributed by atoms with van der Waals surface area (Å²) in [4.78, 5) is 0. The molecule has 29 heteroatoms. The zero-order valence-electron chi connectivity index (χ0n) is 18.0. The van der Waals surface area contributed by atoms with Gasteiger partial charge in [0, 0.05) is 0 Å². The smallest absolute Gasteiger partial charge is 0.0739 e. The summed E-state index contributed by atoms with van der Waals surface area (Å²) in [5, 5.41) is 0. The first kappa shape index (κ1) is 56.9. The van der Waals surface area contributed by atoms with Crippen LogP contribution in [0.4, 0.5) is 0 Å². The normalized spacial score (nSPS) is 17.2. The minimum absolute atomic E-state index is 0.270. The van der Waals surface area contributed by atoms with Crippen molar-refractivity contribution < 1.29 is 0 Å². The SMILES string of the molecule is BrC(Br)C(Br)(Br)C(Br)(Br)C(Br)(Br)C(Br)(Br)C(Br)(Br)C(Br)(Br)C(Br)(Br)C(Br)(Br)C(Br)(Br)C(Br)(Br)C(Br)(Br)C(Br)(Br)C(Br)(Br)Br. The molecule has 0 amide bonds. The first-order valence-electron chi connectivity index (χ1n) is 8.83. The van der Waals surface area contributed by atoms with Crippen molar-refractivity contribution >= 4 is 462 Å². The molecule has 0 aromatic heterocycles. The van der Waals surface area contributed by atoms with Crippen LogP contribution in [0.5, 0.6) is 0 Å². The molecule has 0 atom stereocenters. The lowest BCUT2D eigenvalue weighted by Crippen LogP contribution is -2.72. The molecule has 0 heterocycles. The average molecular weight is 2490 g/mol. The minimum Gasteiger partial charge on any atom is -0.0739 e. The highest BCUT2D eigenvalue weighted by molar-refractivity contribution is 9.42. The van der Waals surface area contributed by atoms with Gasteiger partial charge in [-0.2, -0.15) is 0 Å². The van der Waals surface area contributed by atoms with Crippen molar-refractivity contribution in [1.29, 1.82) is 0 Å². The second-order valence-electron chi connectivity index (χ2n) is 7.74. The van der Waals surface area contributed by atoms with Gasteiger partial charge in [-0.1, -0.05) is 462 Å². The van der Waals surface area contributed by atoms with Gasteiger partial charge in [0.2, 0.25) is 0 Å². The summed E-state index contributed by atoms with van der Waals surface area (Å²) in [5.41, 5.74) is 0. The van der Waals surface area contributed by atoms with E-state index in [1.807, 2.05) is 0 Å². The van der Waals surface area contributed by atoms with Gasteiger partial charge in [0.25, 0.3) is 0 Å². The van der Waals surface area contributed by atoms with Gasteiger partial charge in [0.05, 0.1) is 3.74 Å². The van der Waals surface area contributed by atoms with Crippen LogP contribution in [0.3, 0.4) is 0 Å². The maximum atomic E-state index is 3.97. The maximum absolute atomic E-state index is 3.97. The van der Waals surface area contributed by atoms with E-state index >= 15 is 0 Å². The van der Waals surface area contributed by atoms with Crippen molar-refractivity contribution in [3.05, 3.63) is 0 Å². The molecule has 0 aliphatic heterocycles. The van der Waals surface area contributed by atoms with Crippen LogP contribution in [-0.2, 0) is 0 Å². The Morgan fingerprint density at radius 2 is 0.349 bits per heavy atom. The van der Waals surface area contributed by atoms with Gasteiger partial charge in [-0.05, 0) is 0 Å². The Bertz CT molecular complexity index is 1010. The highest BCUT2D eigenvalue weighted by Gasteiger charge is 2.82. The van der Waals surface area contributed by atoms with E-state index in [4.69, 9.17) is 0 Å². The summed E-state index contributed by atoms with van der Waals surface area (Å²) in [6.45, 7) is 0. The highest BCUT2D eigenvalue weighted by Crippen LogP contribution is 2.82. The third-order valence-corrected chi connectivity index (χ3v) is 65.5. The Labute approximate surface area is 494 Å². The standard InChI is InChI=1S/C14HBr29/c15-1(16)2(17,18)3(19,20)4(21,22)5(23,24)6(25,26)7(27,28)8(29,30)9(31,32)10(33,34)11(35,36)12(37,38)13(39,40)14(41,42)43/h1H. The molecule has 0 spiro atoms. The third-order valence-electron chi connectivity index (χ3n) is 4.99. The van der Waals surface area contributed by atoms with Crippen LogP contribution in [0.2, 0.25) is 0 Å². The van der Waals surface area contributed by atoms with Gasteiger partial charge in [0.1, 0.15) is 38.8 Å². The van der Waals surface area contributed by atoms with Crippen molar-refractivity contribution in [3.8, 4) is 0 Å². The molecule has 0 saturated heterocycles. The lowest BCUT2D eigenvalue weighted by Gasteiger charge is -2.61. The quantitative estimate of drug-likeness (QED) is 0.171. The molecule has 0 rings (SSSR count). The van der Waals surface area contributed by atoms with E-state index in [0.717, 1.165) is 0 Å². The van der Waals surface area contributed by atoms with E-state index in [1.54, 1.807) is 0 Å². The highest BCUT2D eigenvalue weighted by atomic mass is 80.0. The fourth-order valence-electron chi connectivity index (χ4n) is 2.30. The molecule has 260 valence electrons. The number of rotatable bonds is 12. The Balaban J connectivity index is 7.47. The van der Waals surface area contributed by atoms with Crippen LogP contribution in [0, 0.1) is 0 Å². The number of hydrogen-bond donors (Lipinski definition) is 0. The molecule has 0 fully saturated rings. The monoisotopic (exact) mass is 2460 g/mol. The summed E-state index contributed by atoms with van der Waals surface area (Å²) in [5.74, 6) is 0. The van der Waals surface area contributed by atoms with E-state index < -0.39 is 40.9 Å². The van der Waals surface area contributed by atoms with Crippen molar-refractivity contribution in [2.75, 3.05) is 0 Å². The van der Waals surface area contributed by atoms with Crippen molar-refractivity contribution in [2.24, 2.45) is 0 Å². The predicted octanol–water partition coefficient (Wildman–Crippen LogP) is 21.8. The van der Waals surface area contributed by atoms with Gasteiger partial charge in [-0.3, -0.25) is 0 Å². The van der Waals surface area contributed by atoms with E-state index in [2.05, 4.69) is 462 Å². The lowest BCUT2D eigenvalue weighted by molar-refractivity contribution is 0.537. The van der Waals surface area contributed by atoms with E-state index in [-0.39, 0.29) is 3.74 Å². The van der Waals surface area contributed by atoms with Crippen LogP contribution in [-0.4, -0.2) is 44.7 Å². The molecule has 0 N–H and O–H groups in total. The van der Waals surface area contributed by atoms with Crippen molar-refractivity contribution in [1.82, 2.24) is 0 Å². The lowest BCUT2D eigenvalue weighted by atomic mass is 10.0. The van der Waals surface area contributed by atoms with Gasteiger partial charge in [-0.15, -0.1) is 0 Å². The molecular weight excluding hydrogens is 2490 g/mol. The molecule has 43 heavy (non-hydrogen) atoms. The summed E-state index contributed by atoms with van der Waals surface area (Å²) in [6, 6.07) is 0. The second-order valence-corrected chi connectivity index (χ2v) is 59.0. The molecule has 0 aromatic carbocycles. The Kier molecular flexibility index (Phi) is 24.8. The van der Waals surface area contributed by atoms with Gasteiger partial charge >= 0.3 is 0 Å². The Hall–Kier alpha value is 13.9. The zero-order valence-corrected chi connectivity index (χ0v) is 64.0. The van der Waals surface area contributed by atoms with Gasteiger partial charge in [-0.25, -0.2) is 0 Å². The topological polar surface area (TPSA) is 0 Å². The van der Waals surface area contributed by atoms with Crippen LogP contribution in [0.15, 0.2) is 0 Å². The summed E-state index contributed by atoms with van der Waals surface area (Å²) in [6.07, 6.45) is 0. The number of hydrogen-bond acceptors (Lipinski definition) is 0. The van der Waals surface area contributed by atoms with Gasteiger partial charge < -0.3 is 0 Å². The fourth-order valence-corrected chi connectivity index (χ4v) is 30.3. The average Bonchev–Trinajstić information content (AvgIpc) is 2.76. The molecule has 0 nitrogen and oxygen atoms in total. The first-order chi connectivity index (χ1) is 17.9.